The number of carbonyl (C=O) groups excluding carboxylic acids is 1. The summed E-state index contributed by atoms with van der Waals surface area (Å²) in [6.45, 7) is 6.58. The average molecular weight is 352 g/mol. The fourth-order valence-electron chi connectivity index (χ4n) is 3.91. The molecule has 136 valence electrons. The molecule has 4 heteroatoms. The quantitative estimate of drug-likeness (QED) is 0.686. The van der Waals surface area contributed by atoms with Gasteiger partial charge in [-0.3, -0.25) is 0 Å². The van der Waals surface area contributed by atoms with Gasteiger partial charge >= 0.3 is 6.03 Å². The van der Waals surface area contributed by atoms with Crippen LogP contribution in [0.4, 0.5) is 9.18 Å². The SMILES string of the molecule is C=CC[C@]1(c2ccc(F)cc2)CCN([C@@H](C)c2ccccc2)C(=O)N1C. The molecule has 0 bridgehead atoms. The van der Waals surface area contributed by atoms with Crippen molar-refractivity contribution in [3.05, 3.63) is 84.2 Å². The fraction of sp³-hybridized carbons (Fsp3) is 0.318. The molecule has 1 aliphatic heterocycles. The molecule has 26 heavy (non-hydrogen) atoms. The first kappa shape index (κ1) is 18.2. The summed E-state index contributed by atoms with van der Waals surface area (Å²) >= 11 is 0. The average Bonchev–Trinajstić information content (AvgIpc) is 2.67. The number of carbonyl (C=O) groups is 1. The van der Waals surface area contributed by atoms with Crippen molar-refractivity contribution in [1.29, 1.82) is 0 Å². The van der Waals surface area contributed by atoms with Crippen molar-refractivity contribution in [1.82, 2.24) is 9.80 Å². The highest BCUT2D eigenvalue weighted by Crippen LogP contribution is 2.41. The van der Waals surface area contributed by atoms with E-state index in [2.05, 4.69) is 13.5 Å². The molecule has 1 fully saturated rings. The van der Waals surface area contributed by atoms with Gasteiger partial charge in [-0.2, -0.15) is 0 Å². The van der Waals surface area contributed by atoms with E-state index >= 15 is 0 Å². The van der Waals surface area contributed by atoms with Crippen LogP contribution >= 0.6 is 0 Å². The van der Waals surface area contributed by atoms with Gasteiger partial charge in [-0.25, -0.2) is 9.18 Å². The van der Waals surface area contributed by atoms with Crippen LogP contribution in [0.25, 0.3) is 0 Å². The lowest BCUT2D eigenvalue weighted by atomic mass is 9.80. The van der Waals surface area contributed by atoms with Crippen LogP contribution in [-0.2, 0) is 5.54 Å². The standard InChI is InChI=1S/C22H25FN2O/c1-4-14-22(19-10-12-20(23)13-11-19)15-16-25(21(26)24(22)3)17(2)18-8-6-5-7-9-18/h4-13,17H,1,14-16H2,2-3H3/t17-,22+/m0/s1. The van der Waals surface area contributed by atoms with E-state index in [0.717, 1.165) is 17.5 Å². The summed E-state index contributed by atoms with van der Waals surface area (Å²) in [5.41, 5.74) is 1.58. The molecular formula is C22H25FN2O. The molecule has 1 saturated heterocycles. The van der Waals surface area contributed by atoms with E-state index in [4.69, 9.17) is 0 Å². The molecule has 1 aliphatic rings. The number of nitrogens with zero attached hydrogens (tertiary/aromatic N) is 2. The molecule has 1 heterocycles. The first-order valence-electron chi connectivity index (χ1n) is 8.96. The third-order valence-electron chi connectivity index (χ3n) is 5.55. The van der Waals surface area contributed by atoms with Gasteiger partial charge in [0.1, 0.15) is 5.82 Å². The van der Waals surface area contributed by atoms with E-state index in [-0.39, 0.29) is 17.9 Å². The van der Waals surface area contributed by atoms with Crippen LogP contribution in [0, 0.1) is 5.82 Å². The molecule has 0 N–H and O–H groups in total. The van der Waals surface area contributed by atoms with Crippen molar-refractivity contribution < 1.29 is 9.18 Å². The molecule has 3 rings (SSSR count). The molecular weight excluding hydrogens is 327 g/mol. The van der Waals surface area contributed by atoms with E-state index in [1.54, 1.807) is 17.0 Å². The number of hydrogen-bond donors (Lipinski definition) is 0. The Balaban J connectivity index is 1.91. The van der Waals surface area contributed by atoms with Gasteiger partial charge in [0.05, 0.1) is 11.6 Å². The van der Waals surface area contributed by atoms with Crippen molar-refractivity contribution in [2.24, 2.45) is 0 Å². The van der Waals surface area contributed by atoms with Gasteiger partial charge in [-0.15, -0.1) is 6.58 Å². The van der Waals surface area contributed by atoms with Gasteiger partial charge in [0.25, 0.3) is 0 Å². The van der Waals surface area contributed by atoms with E-state index in [1.807, 2.05) is 48.4 Å². The Morgan fingerprint density at radius 1 is 1.19 bits per heavy atom. The largest absolute Gasteiger partial charge is 0.320 e. The normalized spacial score (nSPS) is 21.6. The van der Waals surface area contributed by atoms with Crippen molar-refractivity contribution in [3.8, 4) is 0 Å². The molecule has 0 unspecified atom stereocenters. The van der Waals surface area contributed by atoms with Gasteiger partial charge in [0.15, 0.2) is 0 Å². The topological polar surface area (TPSA) is 23.6 Å². The smallest absolute Gasteiger partial charge is 0.318 e. The number of amides is 2. The second-order valence-corrected chi connectivity index (χ2v) is 6.90. The Kier molecular flexibility index (Phi) is 5.12. The third-order valence-corrected chi connectivity index (χ3v) is 5.55. The molecule has 2 amide bonds. The summed E-state index contributed by atoms with van der Waals surface area (Å²) in [5.74, 6) is -0.272. The number of rotatable bonds is 5. The lowest BCUT2D eigenvalue weighted by Gasteiger charge is -2.50. The summed E-state index contributed by atoms with van der Waals surface area (Å²) < 4.78 is 13.4. The van der Waals surface area contributed by atoms with Gasteiger partial charge in [-0.05, 0) is 43.0 Å². The minimum atomic E-state index is -0.487. The molecule has 2 aromatic rings. The summed E-state index contributed by atoms with van der Waals surface area (Å²) in [4.78, 5) is 16.9. The van der Waals surface area contributed by atoms with Gasteiger partial charge < -0.3 is 9.80 Å². The maximum Gasteiger partial charge on any atom is 0.320 e. The number of benzene rings is 2. The fourth-order valence-corrected chi connectivity index (χ4v) is 3.91. The minimum Gasteiger partial charge on any atom is -0.318 e. The summed E-state index contributed by atoms with van der Waals surface area (Å²) in [6, 6.07) is 16.5. The molecule has 3 nitrogen and oxygen atoms in total. The maximum atomic E-state index is 13.4. The van der Waals surface area contributed by atoms with Crippen LogP contribution in [0.3, 0.4) is 0 Å². The number of halogens is 1. The van der Waals surface area contributed by atoms with Crippen molar-refractivity contribution in [2.45, 2.75) is 31.3 Å². The van der Waals surface area contributed by atoms with Crippen molar-refractivity contribution in [3.63, 3.8) is 0 Å². The molecule has 2 atom stereocenters. The Morgan fingerprint density at radius 3 is 2.46 bits per heavy atom. The highest BCUT2D eigenvalue weighted by molar-refractivity contribution is 5.77. The van der Waals surface area contributed by atoms with Crippen LogP contribution in [0.1, 0.15) is 36.9 Å². The number of hydrogen-bond acceptors (Lipinski definition) is 1. The monoisotopic (exact) mass is 352 g/mol. The lowest BCUT2D eigenvalue weighted by molar-refractivity contribution is 0.0425. The Morgan fingerprint density at radius 2 is 1.85 bits per heavy atom. The molecule has 0 spiro atoms. The predicted octanol–water partition coefficient (Wildman–Crippen LogP) is 5.12. The second kappa shape index (κ2) is 7.32. The van der Waals surface area contributed by atoms with Gasteiger partial charge in [0.2, 0.25) is 0 Å². The first-order valence-corrected chi connectivity index (χ1v) is 8.96. The summed E-state index contributed by atoms with van der Waals surface area (Å²) in [7, 11) is 1.83. The Labute approximate surface area is 154 Å². The highest BCUT2D eigenvalue weighted by Gasteiger charge is 2.45. The molecule has 0 aliphatic carbocycles. The van der Waals surface area contributed by atoms with Crippen molar-refractivity contribution in [2.75, 3.05) is 13.6 Å². The van der Waals surface area contributed by atoms with Crippen LogP contribution in [0.5, 0.6) is 0 Å². The maximum absolute atomic E-state index is 13.4. The first-order chi connectivity index (χ1) is 12.5. The zero-order chi connectivity index (χ0) is 18.7. The molecule has 2 aromatic carbocycles. The van der Waals surface area contributed by atoms with Crippen LogP contribution in [0.2, 0.25) is 0 Å². The minimum absolute atomic E-state index is 0.00102. The summed E-state index contributed by atoms with van der Waals surface area (Å²) in [5, 5.41) is 0. The second-order valence-electron chi connectivity index (χ2n) is 6.90. The van der Waals surface area contributed by atoms with Crippen molar-refractivity contribution >= 4 is 6.03 Å². The zero-order valence-electron chi connectivity index (χ0n) is 15.4. The van der Waals surface area contributed by atoms with E-state index in [1.165, 1.54) is 12.1 Å². The van der Waals surface area contributed by atoms with E-state index in [9.17, 15) is 9.18 Å². The predicted molar refractivity (Wildman–Crippen MR) is 102 cm³/mol. The van der Waals surface area contributed by atoms with Gasteiger partial charge in [-0.1, -0.05) is 48.5 Å². The lowest BCUT2D eigenvalue weighted by Crippen LogP contribution is -2.58. The Bertz CT molecular complexity index is 774. The molecule has 0 radical (unpaired) electrons. The zero-order valence-corrected chi connectivity index (χ0v) is 15.4. The van der Waals surface area contributed by atoms with Crippen LogP contribution < -0.4 is 0 Å². The third kappa shape index (κ3) is 3.12. The summed E-state index contributed by atoms with van der Waals surface area (Å²) in [6.07, 6.45) is 3.24. The highest BCUT2D eigenvalue weighted by atomic mass is 19.1. The molecule has 0 saturated carbocycles. The van der Waals surface area contributed by atoms with E-state index in [0.29, 0.717) is 13.0 Å². The van der Waals surface area contributed by atoms with Gasteiger partial charge in [0, 0.05) is 13.6 Å². The number of urea groups is 1. The van der Waals surface area contributed by atoms with Crippen LogP contribution in [0.15, 0.2) is 67.3 Å². The Hall–Kier alpha value is -2.62. The van der Waals surface area contributed by atoms with E-state index < -0.39 is 5.54 Å². The van der Waals surface area contributed by atoms with Crippen LogP contribution in [-0.4, -0.2) is 29.4 Å². The molecule has 0 aromatic heterocycles.